The normalized spacial score (nSPS) is 17.8. The molecule has 0 saturated carbocycles. The monoisotopic (exact) mass is 644 g/mol. The second-order valence-electron chi connectivity index (χ2n) is 12.1. The summed E-state index contributed by atoms with van der Waals surface area (Å²) in [6.45, 7) is 1.63. The summed E-state index contributed by atoms with van der Waals surface area (Å²) in [5.74, 6) is 11.3. The minimum atomic E-state index is -0.300. The molecule has 2 aromatic carbocycles. The summed E-state index contributed by atoms with van der Waals surface area (Å²) < 4.78 is 26.0. The largest absolute Gasteiger partial charge is 0.345 e. The molecule has 0 N–H and O–H groups in total. The molecule has 8 heteroatoms. The first kappa shape index (κ1) is 34.0. The van der Waals surface area contributed by atoms with Crippen LogP contribution in [0, 0.1) is 35.3 Å². The summed E-state index contributed by atoms with van der Waals surface area (Å²) in [7, 11) is 3.70. The third kappa shape index (κ3) is 9.36. The summed E-state index contributed by atoms with van der Waals surface area (Å²) in [6.07, 6.45) is 9.21. The topological polar surface area (TPSA) is 66.4 Å². The van der Waals surface area contributed by atoms with Crippen molar-refractivity contribution in [3.8, 4) is 23.7 Å². The molecule has 0 aliphatic carbocycles. The van der Waals surface area contributed by atoms with Crippen LogP contribution in [0.1, 0.15) is 84.0 Å². The van der Waals surface area contributed by atoms with Gasteiger partial charge in [0.1, 0.15) is 11.6 Å². The highest BCUT2D eigenvalue weighted by Gasteiger charge is 2.28. The molecule has 2 aromatic heterocycles. The van der Waals surface area contributed by atoms with Gasteiger partial charge in [0.25, 0.3) is 0 Å². The number of rotatable bonds is 2. The summed E-state index contributed by atoms with van der Waals surface area (Å²) in [4.78, 5) is 37.3. The molecular weight excluding hydrogens is 606 g/mol. The lowest BCUT2D eigenvalue weighted by Crippen LogP contribution is -2.30. The summed E-state index contributed by atoms with van der Waals surface area (Å²) in [6, 6.07) is 19.8. The smallest absolute Gasteiger partial charge is 0.231 e. The first-order chi connectivity index (χ1) is 23.3. The van der Waals surface area contributed by atoms with Crippen LogP contribution in [0.4, 0.5) is 8.78 Å². The molecule has 0 bridgehead atoms. The SMILES string of the molecule is CN1CCCCC(c2ccc(C#Cc3ccc(F)cc3)cn2)C1=O.CN1CCCCC(c2ccc(C#Cc3cccc(F)c3)cn2)C1=O. The van der Waals surface area contributed by atoms with Gasteiger partial charge in [0.2, 0.25) is 11.8 Å². The molecule has 2 amide bonds. The van der Waals surface area contributed by atoms with E-state index in [2.05, 4.69) is 33.6 Å². The van der Waals surface area contributed by atoms with E-state index in [9.17, 15) is 18.4 Å². The van der Waals surface area contributed by atoms with Crippen LogP contribution in [-0.2, 0) is 9.59 Å². The van der Waals surface area contributed by atoms with Crippen molar-refractivity contribution in [2.45, 2.75) is 50.4 Å². The highest BCUT2D eigenvalue weighted by atomic mass is 19.1. The quantitative estimate of drug-likeness (QED) is 0.228. The molecule has 4 heterocycles. The molecule has 6 nitrogen and oxygen atoms in total. The van der Waals surface area contributed by atoms with E-state index < -0.39 is 0 Å². The highest BCUT2D eigenvalue weighted by Crippen LogP contribution is 2.27. The predicted molar refractivity (Wildman–Crippen MR) is 182 cm³/mol. The predicted octanol–water partition coefficient (Wildman–Crippen LogP) is 6.69. The van der Waals surface area contributed by atoms with Crippen molar-refractivity contribution >= 4 is 11.8 Å². The number of hydrogen-bond donors (Lipinski definition) is 0. The third-order valence-corrected chi connectivity index (χ3v) is 8.48. The maximum atomic E-state index is 13.1. The number of likely N-dealkylation sites (N-methyl/N-ethyl adjacent to an activating group) is 2. The number of pyridine rings is 2. The Labute approximate surface area is 281 Å². The van der Waals surface area contributed by atoms with E-state index in [1.807, 2.05) is 38.4 Å². The van der Waals surface area contributed by atoms with Crippen molar-refractivity contribution in [1.82, 2.24) is 19.8 Å². The maximum absolute atomic E-state index is 13.1. The van der Waals surface area contributed by atoms with Crippen LogP contribution in [0.25, 0.3) is 0 Å². The van der Waals surface area contributed by atoms with Crippen LogP contribution in [-0.4, -0.2) is 58.8 Å². The van der Waals surface area contributed by atoms with E-state index >= 15 is 0 Å². The molecule has 0 radical (unpaired) electrons. The molecule has 48 heavy (non-hydrogen) atoms. The van der Waals surface area contributed by atoms with E-state index in [1.54, 1.807) is 46.5 Å². The molecule has 2 unspecified atom stereocenters. The number of hydrogen-bond acceptors (Lipinski definition) is 4. The molecule has 2 saturated heterocycles. The number of aromatic nitrogens is 2. The molecule has 2 aliphatic heterocycles. The Balaban J connectivity index is 0.000000188. The molecule has 0 spiro atoms. The van der Waals surface area contributed by atoms with Crippen LogP contribution in [0.3, 0.4) is 0 Å². The zero-order valence-corrected chi connectivity index (χ0v) is 27.3. The number of halogens is 2. The lowest BCUT2D eigenvalue weighted by molar-refractivity contribution is -0.131. The standard InChI is InChI=1S/2C20H19FN2O/c1-23-12-3-2-7-18(20(23)24)19-11-10-16(14-22-19)9-8-15-5-4-6-17(21)13-15;1-23-13-3-2-4-18(20(23)24)19-12-9-16(14-22-19)6-5-15-7-10-17(21)11-8-15/h4-6,10-11,13-14,18H,2-3,7,12H2,1H3;7-12,14,18H,2-4,13H2,1H3. The minimum absolute atomic E-state index is 0.138. The van der Waals surface area contributed by atoms with Gasteiger partial charge in [-0.05, 0) is 92.4 Å². The van der Waals surface area contributed by atoms with E-state index in [0.29, 0.717) is 5.56 Å². The third-order valence-electron chi connectivity index (χ3n) is 8.48. The Morgan fingerprint density at radius 1 is 0.583 bits per heavy atom. The van der Waals surface area contributed by atoms with Gasteiger partial charge in [0, 0.05) is 61.8 Å². The lowest BCUT2D eigenvalue weighted by Gasteiger charge is -2.19. The Bertz CT molecular complexity index is 1840. The van der Waals surface area contributed by atoms with Gasteiger partial charge in [-0.2, -0.15) is 0 Å². The Morgan fingerprint density at radius 3 is 1.54 bits per heavy atom. The Hall–Kier alpha value is -5.34. The van der Waals surface area contributed by atoms with E-state index in [4.69, 9.17) is 0 Å². The number of carbonyl (C=O) groups is 2. The summed E-state index contributed by atoms with van der Waals surface area (Å²) >= 11 is 0. The highest BCUT2D eigenvalue weighted by molar-refractivity contribution is 5.83. The molecule has 4 aromatic rings. The van der Waals surface area contributed by atoms with Gasteiger partial charge in [0.15, 0.2) is 0 Å². The summed E-state index contributed by atoms with van der Waals surface area (Å²) in [5, 5.41) is 0. The van der Waals surface area contributed by atoms with E-state index in [1.165, 1.54) is 24.3 Å². The first-order valence-corrected chi connectivity index (χ1v) is 16.2. The second-order valence-corrected chi connectivity index (χ2v) is 12.1. The first-order valence-electron chi connectivity index (χ1n) is 16.2. The fourth-order valence-electron chi connectivity index (χ4n) is 5.70. The molecule has 2 atom stereocenters. The van der Waals surface area contributed by atoms with Crippen molar-refractivity contribution in [3.63, 3.8) is 0 Å². The van der Waals surface area contributed by atoms with Gasteiger partial charge in [0.05, 0.1) is 23.2 Å². The zero-order chi connectivity index (χ0) is 33.9. The fourth-order valence-corrected chi connectivity index (χ4v) is 5.70. The van der Waals surface area contributed by atoms with E-state index in [0.717, 1.165) is 79.7 Å². The molecule has 2 aliphatic rings. The van der Waals surface area contributed by atoms with Gasteiger partial charge >= 0.3 is 0 Å². The molecule has 6 rings (SSSR count). The van der Waals surface area contributed by atoms with Gasteiger partial charge in [-0.25, -0.2) is 8.78 Å². The molecule has 2 fully saturated rings. The van der Waals surface area contributed by atoms with Crippen molar-refractivity contribution < 1.29 is 18.4 Å². The maximum Gasteiger partial charge on any atom is 0.231 e. The lowest BCUT2D eigenvalue weighted by atomic mass is 9.97. The number of nitrogens with zero attached hydrogens (tertiary/aromatic N) is 4. The number of likely N-dealkylation sites (tertiary alicyclic amines) is 2. The van der Waals surface area contributed by atoms with Crippen LogP contribution >= 0.6 is 0 Å². The fraction of sp³-hybridized carbons (Fsp3) is 0.300. The number of amides is 2. The second kappa shape index (κ2) is 16.5. The average Bonchev–Trinajstić information content (AvgIpc) is 3.38. The van der Waals surface area contributed by atoms with Crippen molar-refractivity contribution in [2.75, 3.05) is 27.2 Å². The van der Waals surface area contributed by atoms with Crippen molar-refractivity contribution in [1.29, 1.82) is 0 Å². The van der Waals surface area contributed by atoms with Gasteiger partial charge < -0.3 is 9.80 Å². The molecular formula is C40H38F2N4O2. The van der Waals surface area contributed by atoms with Crippen LogP contribution in [0.5, 0.6) is 0 Å². The van der Waals surface area contributed by atoms with Gasteiger partial charge in [-0.1, -0.05) is 42.6 Å². The van der Waals surface area contributed by atoms with Crippen molar-refractivity contribution in [3.05, 3.63) is 130 Å². The van der Waals surface area contributed by atoms with Crippen LogP contribution < -0.4 is 0 Å². The van der Waals surface area contributed by atoms with Gasteiger partial charge in [-0.15, -0.1) is 0 Å². The van der Waals surface area contributed by atoms with Crippen LogP contribution in [0.15, 0.2) is 85.2 Å². The van der Waals surface area contributed by atoms with Crippen LogP contribution in [0.2, 0.25) is 0 Å². The van der Waals surface area contributed by atoms with E-state index in [-0.39, 0.29) is 35.3 Å². The number of carbonyl (C=O) groups excluding carboxylic acids is 2. The van der Waals surface area contributed by atoms with Crippen molar-refractivity contribution in [2.24, 2.45) is 0 Å². The summed E-state index contributed by atoms with van der Waals surface area (Å²) in [5.41, 5.74) is 4.50. The number of benzene rings is 2. The van der Waals surface area contributed by atoms with Gasteiger partial charge in [-0.3, -0.25) is 19.6 Å². The zero-order valence-electron chi connectivity index (χ0n) is 27.3. The minimum Gasteiger partial charge on any atom is -0.345 e. The Morgan fingerprint density at radius 2 is 1.06 bits per heavy atom. The molecule has 244 valence electrons. The average molecular weight is 645 g/mol. The Kier molecular flexibility index (Phi) is 11.7.